The summed E-state index contributed by atoms with van der Waals surface area (Å²) in [6.07, 6.45) is 0. The fourth-order valence-electron chi connectivity index (χ4n) is 2.03. The van der Waals surface area contributed by atoms with Gasteiger partial charge in [0.2, 0.25) is 0 Å². The zero-order valence-corrected chi connectivity index (χ0v) is 11.7. The van der Waals surface area contributed by atoms with E-state index in [9.17, 15) is 0 Å². The summed E-state index contributed by atoms with van der Waals surface area (Å²) in [4.78, 5) is 1.28. The summed E-state index contributed by atoms with van der Waals surface area (Å²) < 4.78 is 0. The minimum atomic E-state index is 0.0933. The molecule has 2 rings (SSSR count). The molecule has 0 saturated heterocycles. The van der Waals surface area contributed by atoms with Crippen molar-refractivity contribution < 1.29 is 0 Å². The Kier molecular flexibility index (Phi) is 4.45. The number of aryl methyl sites for hydroxylation is 2. The largest absolute Gasteiger partial charge is 0.323 e. The maximum Gasteiger partial charge on any atom is 0.0392 e. The minimum absolute atomic E-state index is 0.0933. The first kappa shape index (κ1) is 13.2. The van der Waals surface area contributed by atoms with Gasteiger partial charge in [-0.3, -0.25) is 0 Å². The molecule has 1 nitrogen and oxygen atoms in total. The lowest BCUT2D eigenvalue weighted by atomic mass is 10.0. The Morgan fingerprint density at radius 2 is 1.78 bits per heavy atom. The van der Waals surface area contributed by atoms with E-state index in [4.69, 9.17) is 5.73 Å². The molecule has 18 heavy (non-hydrogen) atoms. The lowest BCUT2D eigenvalue weighted by molar-refractivity contribution is 0.822. The van der Waals surface area contributed by atoms with E-state index < -0.39 is 0 Å². The summed E-state index contributed by atoms with van der Waals surface area (Å²) in [5.74, 6) is 0.911. The van der Waals surface area contributed by atoms with E-state index in [0.717, 1.165) is 5.75 Å². The molecular weight excluding hydrogens is 238 g/mol. The maximum atomic E-state index is 6.27. The van der Waals surface area contributed by atoms with Crippen LogP contribution in [0, 0.1) is 13.8 Å². The Labute approximate surface area is 113 Å². The molecule has 1 unspecified atom stereocenters. The molecule has 0 heterocycles. The number of nitrogens with two attached hydrogens (primary N) is 1. The predicted octanol–water partition coefficient (Wildman–Crippen LogP) is 4.10. The third-order valence-corrected chi connectivity index (χ3v) is 4.13. The van der Waals surface area contributed by atoms with Crippen LogP contribution in [0.5, 0.6) is 0 Å². The van der Waals surface area contributed by atoms with Gasteiger partial charge >= 0.3 is 0 Å². The summed E-state index contributed by atoms with van der Waals surface area (Å²) in [6, 6.07) is 17.0. The van der Waals surface area contributed by atoms with Crippen molar-refractivity contribution >= 4 is 11.8 Å². The van der Waals surface area contributed by atoms with Crippen LogP contribution in [0.25, 0.3) is 0 Å². The lowest BCUT2D eigenvalue weighted by Gasteiger charge is -2.15. The first-order valence-corrected chi connectivity index (χ1v) is 7.16. The van der Waals surface area contributed by atoms with Crippen LogP contribution in [0.1, 0.15) is 22.7 Å². The number of benzene rings is 2. The first-order valence-electron chi connectivity index (χ1n) is 6.17. The highest BCUT2D eigenvalue weighted by atomic mass is 32.2. The smallest absolute Gasteiger partial charge is 0.0392 e. The molecule has 94 valence electrons. The van der Waals surface area contributed by atoms with E-state index in [-0.39, 0.29) is 6.04 Å². The van der Waals surface area contributed by atoms with E-state index in [1.807, 2.05) is 17.8 Å². The average Bonchev–Trinajstić information content (AvgIpc) is 2.37. The lowest BCUT2D eigenvalue weighted by Crippen LogP contribution is -2.14. The molecule has 0 radical (unpaired) electrons. The van der Waals surface area contributed by atoms with Gasteiger partial charge in [-0.05, 0) is 37.1 Å². The van der Waals surface area contributed by atoms with Crippen molar-refractivity contribution in [2.45, 2.75) is 24.8 Å². The van der Waals surface area contributed by atoms with E-state index in [1.165, 1.54) is 21.6 Å². The molecule has 2 heteroatoms. The van der Waals surface area contributed by atoms with Crippen LogP contribution in [-0.4, -0.2) is 5.75 Å². The summed E-state index contributed by atoms with van der Waals surface area (Å²) >= 11 is 1.81. The summed E-state index contributed by atoms with van der Waals surface area (Å²) in [6.45, 7) is 4.25. The number of hydrogen-bond acceptors (Lipinski definition) is 2. The van der Waals surface area contributed by atoms with Gasteiger partial charge in [0.15, 0.2) is 0 Å². The maximum absolute atomic E-state index is 6.27. The Hall–Kier alpha value is -1.25. The molecule has 0 aliphatic carbocycles. The summed E-state index contributed by atoms with van der Waals surface area (Å²) in [5, 5.41) is 0. The van der Waals surface area contributed by atoms with Gasteiger partial charge in [0, 0.05) is 16.7 Å². The van der Waals surface area contributed by atoms with E-state index in [0.29, 0.717) is 0 Å². The van der Waals surface area contributed by atoms with Crippen molar-refractivity contribution in [1.82, 2.24) is 0 Å². The summed E-state index contributed by atoms with van der Waals surface area (Å²) in [7, 11) is 0. The monoisotopic (exact) mass is 257 g/mol. The molecule has 0 aliphatic heterocycles. The van der Waals surface area contributed by atoms with Crippen molar-refractivity contribution in [3.8, 4) is 0 Å². The zero-order chi connectivity index (χ0) is 13.0. The molecule has 2 aromatic carbocycles. The first-order chi connectivity index (χ1) is 8.66. The molecule has 1 atom stereocenters. The van der Waals surface area contributed by atoms with Crippen molar-refractivity contribution in [3.05, 3.63) is 65.2 Å². The van der Waals surface area contributed by atoms with Crippen LogP contribution in [0.15, 0.2) is 53.4 Å². The molecule has 0 amide bonds. The van der Waals surface area contributed by atoms with Gasteiger partial charge in [-0.25, -0.2) is 0 Å². The van der Waals surface area contributed by atoms with Gasteiger partial charge in [-0.2, -0.15) is 0 Å². The molecule has 2 aromatic rings. The topological polar surface area (TPSA) is 26.0 Å². The zero-order valence-electron chi connectivity index (χ0n) is 10.9. The highest BCUT2D eigenvalue weighted by Crippen LogP contribution is 2.25. The van der Waals surface area contributed by atoms with E-state index in [2.05, 4.69) is 56.3 Å². The predicted molar refractivity (Wildman–Crippen MR) is 80.0 cm³/mol. The van der Waals surface area contributed by atoms with Gasteiger partial charge in [-0.15, -0.1) is 11.8 Å². The number of rotatable bonds is 4. The standard InChI is InChI=1S/C16H19NS/c1-12-8-9-15(13(2)10-12)16(17)11-18-14-6-4-3-5-7-14/h3-10,16H,11,17H2,1-2H3. The van der Waals surface area contributed by atoms with Crippen molar-refractivity contribution in [1.29, 1.82) is 0 Å². The van der Waals surface area contributed by atoms with Crippen LogP contribution >= 0.6 is 11.8 Å². The van der Waals surface area contributed by atoms with Crippen LogP contribution in [-0.2, 0) is 0 Å². The van der Waals surface area contributed by atoms with Crippen molar-refractivity contribution in [3.63, 3.8) is 0 Å². The molecule has 0 aromatic heterocycles. The second kappa shape index (κ2) is 6.07. The molecule has 0 bridgehead atoms. The SMILES string of the molecule is Cc1ccc(C(N)CSc2ccccc2)c(C)c1. The number of hydrogen-bond donors (Lipinski definition) is 1. The van der Waals surface area contributed by atoms with Crippen molar-refractivity contribution in [2.24, 2.45) is 5.73 Å². The van der Waals surface area contributed by atoms with Crippen molar-refractivity contribution in [2.75, 3.05) is 5.75 Å². The molecule has 0 spiro atoms. The molecule has 0 fully saturated rings. The number of thioether (sulfide) groups is 1. The normalized spacial score (nSPS) is 12.4. The van der Waals surface area contributed by atoms with E-state index >= 15 is 0 Å². The van der Waals surface area contributed by atoms with Gasteiger partial charge in [0.05, 0.1) is 0 Å². The van der Waals surface area contributed by atoms with E-state index in [1.54, 1.807) is 0 Å². The molecule has 0 aliphatic rings. The minimum Gasteiger partial charge on any atom is -0.323 e. The third-order valence-electron chi connectivity index (χ3n) is 3.00. The highest BCUT2D eigenvalue weighted by molar-refractivity contribution is 7.99. The Morgan fingerprint density at radius 3 is 2.44 bits per heavy atom. The van der Waals surface area contributed by atoms with Gasteiger partial charge < -0.3 is 5.73 Å². The Morgan fingerprint density at radius 1 is 1.06 bits per heavy atom. The van der Waals surface area contributed by atoms with Crippen LogP contribution in [0.2, 0.25) is 0 Å². The fourth-order valence-corrected chi connectivity index (χ4v) is 2.94. The molecular formula is C16H19NS. The third kappa shape index (κ3) is 3.37. The summed E-state index contributed by atoms with van der Waals surface area (Å²) in [5.41, 5.74) is 10.1. The quantitative estimate of drug-likeness (QED) is 0.835. The van der Waals surface area contributed by atoms with Crippen LogP contribution in [0.3, 0.4) is 0 Å². The fraction of sp³-hybridized carbons (Fsp3) is 0.250. The highest BCUT2D eigenvalue weighted by Gasteiger charge is 2.09. The Bertz CT molecular complexity index is 508. The average molecular weight is 257 g/mol. The van der Waals surface area contributed by atoms with Gasteiger partial charge in [-0.1, -0.05) is 42.0 Å². The second-order valence-electron chi connectivity index (χ2n) is 4.59. The Balaban J connectivity index is 2.01. The van der Waals surface area contributed by atoms with Gasteiger partial charge in [0.1, 0.15) is 0 Å². The molecule has 0 saturated carbocycles. The van der Waals surface area contributed by atoms with Gasteiger partial charge in [0.25, 0.3) is 0 Å². The van der Waals surface area contributed by atoms with Crippen LogP contribution in [0.4, 0.5) is 0 Å². The second-order valence-corrected chi connectivity index (χ2v) is 5.68. The molecule has 2 N–H and O–H groups in total. The van der Waals surface area contributed by atoms with Crippen LogP contribution < -0.4 is 5.73 Å².